The van der Waals surface area contributed by atoms with Crippen LogP contribution in [0.25, 0.3) is 0 Å². The summed E-state index contributed by atoms with van der Waals surface area (Å²) in [5, 5.41) is 13.3. The zero-order valence-corrected chi connectivity index (χ0v) is 27.5. The van der Waals surface area contributed by atoms with Crippen LogP contribution in [0, 0.1) is 23.2 Å². The summed E-state index contributed by atoms with van der Waals surface area (Å²) in [5.41, 5.74) is -1.02. The van der Waals surface area contributed by atoms with E-state index in [2.05, 4.69) is 16.4 Å². The largest absolute Gasteiger partial charge is 0.497 e. The molecule has 1 aromatic heterocycles. The van der Waals surface area contributed by atoms with Gasteiger partial charge in [-0.2, -0.15) is 5.26 Å². The first-order chi connectivity index (χ1) is 22.7. The van der Waals surface area contributed by atoms with E-state index in [0.717, 1.165) is 43.1 Å². The molecule has 2 amide bonds. The molecule has 3 aliphatic heterocycles. The lowest BCUT2D eigenvalue weighted by Gasteiger charge is -2.39. The fourth-order valence-electron chi connectivity index (χ4n) is 7.38. The maximum atomic E-state index is 15.0. The average molecular weight is 658 g/mol. The number of carbonyl (C=O) groups is 2. The van der Waals surface area contributed by atoms with Gasteiger partial charge in [0.15, 0.2) is 0 Å². The van der Waals surface area contributed by atoms with Gasteiger partial charge >= 0.3 is 0 Å². The fourth-order valence-corrected chi connectivity index (χ4v) is 8.87. The highest BCUT2D eigenvalue weighted by Gasteiger charge is 2.58. The van der Waals surface area contributed by atoms with Crippen molar-refractivity contribution in [2.75, 3.05) is 44.2 Å². The summed E-state index contributed by atoms with van der Waals surface area (Å²) in [5.74, 6) is 0.647. The molecule has 0 spiro atoms. The van der Waals surface area contributed by atoms with Gasteiger partial charge in [0, 0.05) is 31.3 Å². The zero-order chi connectivity index (χ0) is 33.2. The van der Waals surface area contributed by atoms with Crippen LogP contribution < -0.4 is 19.1 Å². The molecule has 1 atom stereocenters. The van der Waals surface area contributed by atoms with Crippen LogP contribution in [0.1, 0.15) is 55.7 Å². The van der Waals surface area contributed by atoms with Gasteiger partial charge in [0.1, 0.15) is 11.2 Å². The van der Waals surface area contributed by atoms with Gasteiger partial charge in [-0.25, -0.2) is 17.7 Å². The number of pyridine rings is 1. The fraction of sp³-hybridized carbons (Fsp3) is 0.429. The van der Waals surface area contributed by atoms with Crippen LogP contribution in [-0.2, 0) is 25.0 Å². The van der Waals surface area contributed by atoms with Crippen molar-refractivity contribution in [2.24, 2.45) is 11.8 Å². The lowest BCUT2D eigenvalue weighted by Crippen LogP contribution is -2.49. The number of piperidine rings is 2. The minimum Gasteiger partial charge on any atom is -0.497 e. The summed E-state index contributed by atoms with van der Waals surface area (Å²) in [6.07, 6.45) is 5.19. The van der Waals surface area contributed by atoms with E-state index in [0.29, 0.717) is 30.7 Å². The number of hydrogen-bond donors (Lipinski definition) is 1. The number of benzene rings is 2. The third-order valence-electron chi connectivity index (χ3n) is 9.82. The predicted octanol–water partition coefficient (Wildman–Crippen LogP) is 4.01. The molecule has 0 bridgehead atoms. The number of anilines is 1. The monoisotopic (exact) mass is 657 g/mol. The SMILES string of the molecule is CCOc1ncccc1C1(CC(=O)N2CCC(C3CCNCC3)CC2)C(=O)N(S(=O)(=O)c2ccc(OC)cc2)c2ccc(C#N)cc21. The van der Waals surface area contributed by atoms with Crippen LogP contribution in [0.3, 0.4) is 0 Å². The second-order valence-corrected chi connectivity index (χ2v) is 14.1. The topological polar surface area (TPSA) is 142 Å². The van der Waals surface area contributed by atoms with E-state index in [9.17, 15) is 18.5 Å². The number of likely N-dealkylation sites (tertiary alicyclic amines) is 1. The first-order valence-corrected chi connectivity index (χ1v) is 17.5. The predicted molar refractivity (Wildman–Crippen MR) is 175 cm³/mol. The summed E-state index contributed by atoms with van der Waals surface area (Å²) in [7, 11) is -3.00. The van der Waals surface area contributed by atoms with E-state index < -0.39 is 21.3 Å². The van der Waals surface area contributed by atoms with E-state index in [1.807, 2.05) is 0 Å². The van der Waals surface area contributed by atoms with Gasteiger partial charge in [0.2, 0.25) is 11.8 Å². The van der Waals surface area contributed by atoms with E-state index in [1.54, 1.807) is 24.0 Å². The third kappa shape index (κ3) is 5.83. The van der Waals surface area contributed by atoms with Crippen molar-refractivity contribution >= 4 is 27.5 Å². The summed E-state index contributed by atoms with van der Waals surface area (Å²) >= 11 is 0. The molecule has 1 N–H and O–H groups in total. The Balaban J connectivity index is 1.45. The highest BCUT2D eigenvalue weighted by atomic mass is 32.2. The molecule has 2 fully saturated rings. The van der Waals surface area contributed by atoms with Crippen LogP contribution in [0.15, 0.2) is 65.7 Å². The number of hydrogen-bond acceptors (Lipinski definition) is 9. The van der Waals surface area contributed by atoms with Gasteiger partial charge in [0.05, 0.1) is 35.9 Å². The first-order valence-electron chi connectivity index (χ1n) is 16.1. The molecule has 2 aromatic carbocycles. The normalized spacial score (nSPS) is 20.5. The van der Waals surface area contributed by atoms with Crippen molar-refractivity contribution in [3.8, 4) is 17.7 Å². The van der Waals surface area contributed by atoms with Gasteiger partial charge < -0.3 is 19.7 Å². The lowest BCUT2D eigenvalue weighted by molar-refractivity contribution is -0.136. The minimum atomic E-state index is -4.48. The van der Waals surface area contributed by atoms with E-state index in [4.69, 9.17) is 9.47 Å². The van der Waals surface area contributed by atoms with Crippen molar-refractivity contribution < 1.29 is 27.5 Å². The van der Waals surface area contributed by atoms with Gasteiger partial charge in [-0.15, -0.1) is 0 Å². The molecule has 0 radical (unpaired) electrons. The number of sulfonamides is 1. The Morgan fingerprint density at radius 1 is 1.04 bits per heavy atom. The summed E-state index contributed by atoms with van der Waals surface area (Å²) in [6, 6.07) is 15.6. The Labute approximate surface area is 275 Å². The first kappa shape index (κ1) is 32.5. The van der Waals surface area contributed by atoms with Crippen molar-refractivity contribution in [1.29, 1.82) is 5.26 Å². The number of methoxy groups -OCH3 is 1. The molecule has 0 aliphatic carbocycles. The van der Waals surface area contributed by atoms with Crippen LogP contribution in [0.4, 0.5) is 5.69 Å². The average Bonchev–Trinajstić information content (AvgIpc) is 3.36. The molecule has 12 heteroatoms. The van der Waals surface area contributed by atoms with Crippen LogP contribution in [0.5, 0.6) is 11.6 Å². The lowest BCUT2D eigenvalue weighted by atomic mass is 9.72. The smallest absolute Gasteiger partial charge is 0.270 e. The van der Waals surface area contributed by atoms with E-state index in [-0.39, 0.29) is 52.1 Å². The van der Waals surface area contributed by atoms with E-state index in [1.165, 1.54) is 55.8 Å². The molecular formula is C35H39N5O6S. The summed E-state index contributed by atoms with van der Waals surface area (Å²) in [6.45, 7) is 5.15. The summed E-state index contributed by atoms with van der Waals surface area (Å²) in [4.78, 5) is 35.5. The number of nitrogens with one attached hydrogen (secondary N) is 1. The Morgan fingerprint density at radius 3 is 2.40 bits per heavy atom. The van der Waals surface area contributed by atoms with Crippen LogP contribution >= 0.6 is 0 Å². The number of ether oxygens (including phenoxy) is 2. The van der Waals surface area contributed by atoms with Gasteiger partial charge in [-0.05, 0) is 112 Å². The molecule has 6 rings (SSSR count). The molecular weight excluding hydrogens is 618 g/mol. The highest BCUT2D eigenvalue weighted by Crippen LogP contribution is 2.52. The van der Waals surface area contributed by atoms with E-state index >= 15 is 4.79 Å². The quantitative estimate of drug-likeness (QED) is 0.361. The number of rotatable bonds is 9. The second kappa shape index (κ2) is 13.3. The number of aromatic nitrogens is 1. The maximum absolute atomic E-state index is 15.0. The maximum Gasteiger partial charge on any atom is 0.270 e. The molecule has 11 nitrogen and oxygen atoms in total. The minimum absolute atomic E-state index is 0.0773. The third-order valence-corrected chi connectivity index (χ3v) is 11.5. The molecule has 0 saturated carbocycles. The van der Waals surface area contributed by atoms with Crippen molar-refractivity contribution in [3.05, 3.63) is 77.5 Å². The standard InChI is InChI=1S/C35H39N5O6S/c1-3-46-33-29(5-4-16-38-33)35(22-32(41)39-19-14-26(15-20-39)25-12-17-37-18-13-25)30-21-24(23-36)6-11-31(30)40(34(35)42)47(43,44)28-9-7-27(45-2)8-10-28/h4-11,16,21,25-26,37H,3,12-15,17-20,22H2,1-2H3. The number of nitriles is 1. The molecule has 246 valence electrons. The number of carbonyl (C=O) groups excluding carboxylic acids is 2. The highest BCUT2D eigenvalue weighted by molar-refractivity contribution is 7.93. The van der Waals surface area contributed by atoms with Crippen molar-refractivity contribution in [3.63, 3.8) is 0 Å². The molecule has 1 unspecified atom stereocenters. The molecule has 3 aliphatic rings. The van der Waals surface area contributed by atoms with Crippen LogP contribution in [0.2, 0.25) is 0 Å². The molecule has 4 heterocycles. The Bertz CT molecular complexity index is 1790. The second-order valence-electron chi connectivity index (χ2n) is 12.3. The Hall–Kier alpha value is -4.47. The van der Waals surface area contributed by atoms with Gasteiger partial charge in [-0.3, -0.25) is 9.59 Å². The van der Waals surface area contributed by atoms with Gasteiger partial charge in [0.25, 0.3) is 15.9 Å². The van der Waals surface area contributed by atoms with Crippen molar-refractivity contribution in [1.82, 2.24) is 15.2 Å². The summed E-state index contributed by atoms with van der Waals surface area (Å²) < 4.78 is 40.5. The van der Waals surface area contributed by atoms with Crippen LogP contribution in [-0.4, -0.2) is 70.0 Å². The Kier molecular flexibility index (Phi) is 9.21. The number of nitrogens with zero attached hydrogens (tertiary/aromatic N) is 4. The molecule has 2 saturated heterocycles. The number of fused-ring (bicyclic) bond motifs is 1. The van der Waals surface area contributed by atoms with Crippen molar-refractivity contribution in [2.45, 2.75) is 49.3 Å². The van der Waals surface area contributed by atoms with Gasteiger partial charge in [-0.1, -0.05) is 6.07 Å². The molecule has 47 heavy (non-hydrogen) atoms. The Morgan fingerprint density at radius 2 is 1.74 bits per heavy atom. The zero-order valence-electron chi connectivity index (χ0n) is 26.6. The molecule has 3 aromatic rings. The number of amides is 2.